The molecule has 2 rings (SSSR count). The van der Waals surface area contributed by atoms with E-state index in [2.05, 4.69) is 17.6 Å². The molecule has 0 saturated heterocycles. The van der Waals surface area contributed by atoms with E-state index in [1.54, 1.807) is 0 Å². The molecule has 1 aliphatic rings. The van der Waals surface area contributed by atoms with E-state index in [0.717, 1.165) is 12.0 Å². The third kappa shape index (κ3) is 11.7. The van der Waals surface area contributed by atoms with Crippen LogP contribution in [-0.4, -0.2) is 59.4 Å². The third-order valence-corrected chi connectivity index (χ3v) is 7.31. The molecule has 0 unspecified atom stereocenters. The minimum absolute atomic E-state index is 0.0432. The van der Waals surface area contributed by atoms with Crippen LogP contribution in [-0.2, 0) is 36.8 Å². The molecule has 0 bridgehead atoms. The molecular weight excluding hydrogens is 524 g/mol. The van der Waals surface area contributed by atoms with Crippen LogP contribution in [0, 0.1) is 11.8 Å². The average Bonchev–Trinajstić information content (AvgIpc) is 3.25. The third-order valence-electron chi connectivity index (χ3n) is 7.31. The van der Waals surface area contributed by atoms with E-state index in [0.29, 0.717) is 45.1 Å². The number of hydrogen-bond acceptors (Lipinski definition) is 6. The molecule has 1 heterocycles. The number of carbonyl (C=O) groups is 6. The summed E-state index contributed by atoms with van der Waals surface area (Å²) in [6.45, 7) is 6.41. The second kappa shape index (κ2) is 17.1. The zero-order valence-electron chi connectivity index (χ0n) is 24.4. The number of rotatable bonds is 19. The van der Waals surface area contributed by atoms with Crippen LogP contribution in [0.4, 0.5) is 4.79 Å². The number of aryl methyl sites for hydroxylation is 1. The van der Waals surface area contributed by atoms with Crippen molar-refractivity contribution in [1.82, 2.24) is 15.5 Å². The number of nitrogens with zero attached hydrogens (tertiary/aromatic N) is 1. The number of primary amides is 1. The molecule has 0 fully saturated rings. The molecule has 10 nitrogen and oxygen atoms in total. The van der Waals surface area contributed by atoms with Crippen molar-refractivity contribution in [3.05, 3.63) is 47.5 Å². The number of ketones is 2. The van der Waals surface area contributed by atoms with Crippen LogP contribution in [0.2, 0.25) is 0 Å². The zero-order valence-corrected chi connectivity index (χ0v) is 24.4. The van der Waals surface area contributed by atoms with Gasteiger partial charge in [0.25, 0.3) is 11.8 Å². The molecule has 2 atom stereocenters. The fourth-order valence-corrected chi connectivity index (χ4v) is 4.73. The summed E-state index contributed by atoms with van der Waals surface area (Å²) >= 11 is 0. The van der Waals surface area contributed by atoms with Gasteiger partial charge < -0.3 is 16.4 Å². The first-order valence-electron chi connectivity index (χ1n) is 14.5. The van der Waals surface area contributed by atoms with Gasteiger partial charge in [-0.3, -0.25) is 28.9 Å². The lowest BCUT2D eigenvalue weighted by Crippen LogP contribution is -2.46. The molecule has 0 spiro atoms. The Bertz CT molecular complexity index is 1090. The number of imide groups is 1. The van der Waals surface area contributed by atoms with Gasteiger partial charge in [0.2, 0.25) is 5.91 Å². The fourth-order valence-electron chi connectivity index (χ4n) is 4.73. The van der Waals surface area contributed by atoms with Gasteiger partial charge in [0.1, 0.15) is 5.78 Å². The predicted molar refractivity (Wildman–Crippen MR) is 156 cm³/mol. The first-order valence-corrected chi connectivity index (χ1v) is 14.5. The van der Waals surface area contributed by atoms with Crippen molar-refractivity contribution in [3.63, 3.8) is 0 Å². The highest BCUT2D eigenvalue weighted by molar-refractivity contribution is 6.12. The number of nitrogens with two attached hydrogens (primary N) is 1. The number of urea groups is 1. The van der Waals surface area contributed by atoms with Crippen molar-refractivity contribution in [3.8, 4) is 0 Å². The Kier molecular flexibility index (Phi) is 13.9. The Morgan fingerprint density at radius 2 is 1.54 bits per heavy atom. The van der Waals surface area contributed by atoms with Crippen LogP contribution in [0.25, 0.3) is 0 Å². The van der Waals surface area contributed by atoms with E-state index in [4.69, 9.17) is 5.73 Å². The highest BCUT2D eigenvalue weighted by atomic mass is 16.2. The molecule has 0 saturated carbocycles. The molecule has 4 N–H and O–H groups in total. The molecule has 5 amide bonds. The number of unbranched alkanes of at least 4 members (excludes halogenated alkanes) is 2. The maximum Gasteiger partial charge on any atom is 0.312 e. The largest absolute Gasteiger partial charge is 0.352 e. The van der Waals surface area contributed by atoms with Gasteiger partial charge in [-0.2, -0.15) is 0 Å². The highest BCUT2D eigenvalue weighted by Crippen LogP contribution is 2.19. The summed E-state index contributed by atoms with van der Waals surface area (Å²) in [6.07, 6.45) is 6.59. The fraction of sp³-hybridized carbons (Fsp3) is 0.548. The van der Waals surface area contributed by atoms with Crippen molar-refractivity contribution in [1.29, 1.82) is 0 Å². The quantitative estimate of drug-likeness (QED) is 0.172. The van der Waals surface area contributed by atoms with E-state index in [-0.39, 0.29) is 54.6 Å². The summed E-state index contributed by atoms with van der Waals surface area (Å²) in [4.78, 5) is 74.8. The molecular formula is C31H44N4O6. The Morgan fingerprint density at radius 1 is 0.902 bits per heavy atom. The number of amides is 5. The molecule has 1 aromatic rings. The molecule has 10 heteroatoms. The minimum Gasteiger partial charge on any atom is -0.352 e. The summed E-state index contributed by atoms with van der Waals surface area (Å²) in [7, 11) is 0. The lowest BCUT2D eigenvalue weighted by molar-refractivity contribution is -0.137. The van der Waals surface area contributed by atoms with Gasteiger partial charge in [-0.1, -0.05) is 51.5 Å². The van der Waals surface area contributed by atoms with Gasteiger partial charge in [0, 0.05) is 50.4 Å². The molecule has 0 aromatic heterocycles. The van der Waals surface area contributed by atoms with Crippen molar-refractivity contribution in [2.75, 3.05) is 13.1 Å². The Hall–Kier alpha value is -3.82. The van der Waals surface area contributed by atoms with Gasteiger partial charge in [0.05, 0.1) is 6.04 Å². The van der Waals surface area contributed by atoms with Gasteiger partial charge >= 0.3 is 6.03 Å². The summed E-state index contributed by atoms with van der Waals surface area (Å²) in [5.41, 5.74) is 7.16. The standard InChI is InChI=1S/C31H44N4O6/c1-4-22-11-13-23(14-12-22)19-27(37)26(10-8-17-33-31(32)41)34-30(40)25(21(2)3)20-24(36)9-6-5-7-18-35-28(38)15-16-29(35)39/h11-16,21,25-26H,4-10,17-20H2,1-3H3,(H,34,40)(H3,32,33,41)/t25-,26-/m0/s1. The van der Waals surface area contributed by atoms with Gasteiger partial charge in [0.15, 0.2) is 5.78 Å². The first-order chi connectivity index (χ1) is 19.5. The van der Waals surface area contributed by atoms with E-state index in [1.807, 2.05) is 38.1 Å². The van der Waals surface area contributed by atoms with Crippen LogP contribution in [0.1, 0.15) is 76.8 Å². The van der Waals surface area contributed by atoms with E-state index < -0.39 is 18.0 Å². The Labute approximate surface area is 242 Å². The van der Waals surface area contributed by atoms with Crippen LogP contribution in [0.3, 0.4) is 0 Å². The monoisotopic (exact) mass is 568 g/mol. The topological polar surface area (TPSA) is 156 Å². The van der Waals surface area contributed by atoms with E-state index >= 15 is 0 Å². The van der Waals surface area contributed by atoms with Gasteiger partial charge in [-0.25, -0.2) is 4.79 Å². The lowest BCUT2D eigenvalue weighted by atomic mass is 9.88. The summed E-state index contributed by atoms with van der Waals surface area (Å²) < 4.78 is 0. The van der Waals surface area contributed by atoms with Crippen molar-refractivity contribution in [2.45, 2.75) is 84.6 Å². The van der Waals surface area contributed by atoms with Gasteiger partial charge in [-0.15, -0.1) is 0 Å². The number of nitrogens with one attached hydrogen (secondary N) is 2. The minimum atomic E-state index is -0.759. The smallest absolute Gasteiger partial charge is 0.312 e. The zero-order chi connectivity index (χ0) is 30.4. The predicted octanol–water partition coefficient (Wildman–Crippen LogP) is 3.01. The van der Waals surface area contributed by atoms with Gasteiger partial charge in [-0.05, 0) is 49.1 Å². The van der Waals surface area contributed by atoms with Crippen LogP contribution in [0.15, 0.2) is 36.4 Å². The van der Waals surface area contributed by atoms with E-state index in [9.17, 15) is 28.8 Å². The Morgan fingerprint density at radius 3 is 2.12 bits per heavy atom. The second-order valence-corrected chi connectivity index (χ2v) is 10.9. The number of hydrogen-bond donors (Lipinski definition) is 3. The maximum atomic E-state index is 13.3. The molecule has 1 aromatic carbocycles. The Balaban J connectivity index is 1.92. The molecule has 0 aliphatic carbocycles. The molecule has 0 radical (unpaired) electrons. The van der Waals surface area contributed by atoms with Crippen LogP contribution < -0.4 is 16.4 Å². The molecule has 1 aliphatic heterocycles. The summed E-state index contributed by atoms with van der Waals surface area (Å²) in [5, 5.41) is 5.39. The van der Waals surface area contributed by atoms with Crippen LogP contribution in [0.5, 0.6) is 0 Å². The highest BCUT2D eigenvalue weighted by Gasteiger charge is 2.29. The second-order valence-electron chi connectivity index (χ2n) is 10.9. The van der Waals surface area contributed by atoms with Crippen molar-refractivity contribution >= 4 is 35.3 Å². The lowest BCUT2D eigenvalue weighted by Gasteiger charge is -2.24. The molecule has 224 valence electrons. The summed E-state index contributed by atoms with van der Waals surface area (Å²) in [5.74, 6) is -1.85. The molecule has 41 heavy (non-hydrogen) atoms. The first kappa shape index (κ1) is 33.4. The van der Waals surface area contributed by atoms with E-state index in [1.165, 1.54) is 22.6 Å². The maximum absolute atomic E-state index is 13.3. The number of benzene rings is 1. The average molecular weight is 569 g/mol. The number of Topliss-reactive ketones (excluding diaryl/α,β-unsaturated/α-hetero) is 2. The number of carbonyl (C=O) groups excluding carboxylic acids is 6. The summed E-state index contributed by atoms with van der Waals surface area (Å²) in [6, 6.07) is 6.38. The normalized spacial score (nSPS) is 14.3. The van der Waals surface area contributed by atoms with Crippen molar-refractivity contribution in [2.24, 2.45) is 17.6 Å². The van der Waals surface area contributed by atoms with Crippen LogP contribution >= 0.6 is 0 Å². The SMILES string of the molecule is CCc1ccc(CC(=O)[C@H](CCCNC(N)=O)NC(=O)[C@@H](CC(=O)CCCCCN2C(=O)C=CC2=O)C(C)C)cc1. The van der Waals surface area contributed by atoms with Crippen molar-refractivity contribution < 1.29 is 28.8 Å².